The number of fused-ring (bicyclic) bond motifs is 1. The number of para-hydroxylation sites is 1. The second kappa shape index (κ2) is 5.83. The van der Waals surface area contributed by atoms with Gasteiger partial charge in [0.05, 0.1) is 15.9 Å². The number of nitrogens with zero attached hydrogens (tertiary/aromatic N) is 2. The van der Waals surface area contributed by atoms with E-state index in [-0.39, 0.29) is 0 Å². The van der Waals surface area contributed by atoms with Crippen LogP contribution < -0.4 is 0 Å². The van der Waals surface area contributed by atoms with Crippen molar-refractivity contribution in [1.29, 1.82) is 0 Å². The summed E-state index contributed by atoms with van der Waals surface area (Å²) in [4.78, 5) is 9.26. The average Bonchev–Trinajstić information content (AvgIpc) is 3.20. The van der Waals surface area contributed by atoms with Crippen molar-refractivity contribution in [1.82, 2.24) is 9.97 Å². The minimum absolute atomic E-state index is 0.975. The van der Waals surface area contributed by atoms with E-state index in [1.54, 1.807) is 22.7 Å². The molecule has 0 spiro atoms. The predicted octanol–water partition coefficient (Wildman–Crippen LogP) is 5.59. The van der Waals surface area contributed by atoms with E-state index in [9.17, 15) is 0 Å². The molecule has 2 nitrogen and oxygen atoms in total. The third-order valence-electron chi connectivity index (χ3n) is 3.25. The van der Waals surface area contributed by atoms with Gasteiger partial charge in [0.1, 0.15) is 10.0 Å². The van der Waals surface area contributed by atoms with Gasteiger partial charge >= 0.3 is 0 Å². The van der Waals surface area contributed by atoms with Gasteiger partial charge in [0.2, 0.25) is 0 Å². The summed E-state index contributed by atoms with van der Waals surface area (Å²) in [6, 6.07) is 18.5. The molecule has 2 heterocycles. The zero-order valence-electron chi connectivity index (χ0n) is 11.6. The lowest BCUT2D eigenvalue weighted by Crippen LogP contribution is -1.76. The van der Waals surface area contributed by atoms with Crippen LogP contribution in [0.1, 0.15) is 10.7 Å². The highest BCUT2D eigenvalue weighted by Crippen LogP contribution is 2.26. The van der Waals surface area contributed by atoms with Crippen molar-refractivity contribution < 1.29 is 0 Å². The first-order valence-electron chi connectivity index (χ1n) is 6.93. The van der Waals surface area contributed by atoms with E-state index >= 15 is 0 Å². The maximum absolute atomic E-state index is 4.66. The van der Waals surface area contributed by atoms with Gasteiger partial charge < -0.3 is 0 Å². The lowest BCUT2D eigenvalue weighted by Gasteiger charge is -1.92. The highest BCUT2D eigenvalue weighted by Gasteiger charge is 2.03. The summed E-state index contributed by atoms with van der Waals surface area (Å²) < 4.78 is 1.21. The Hall–Kier alpha value is -2.30. The lowest BCUT2D eigenvalue weighted by molar-refractivity contribution is 1.38. The second-order valence-electron chi connectivity index (χ2n) is 4.80. The minimum Gasteiger partial charge on any atom is -0.237 e. The molecule has 0 aliphatic carbocycles. The molecule has 2 aromatic carbocycles. The first-order valence-corrected chi connectivity index (χ1v) is 8.63. The molecular formula is C18H12N2S2. The van der Waals surface area contributed by atoms with Crippen LogP contribution in [-0.2, 0) is 0 Å². The zero-order valence-corrected chi connectivity index (χ0v) is 13.3. The van der Waals surface area contributed by atoms with Crippen LogP contribution in [0.3, 0.4) is 0 Å². The van der Waals surface area contributed by atoms with Gasteiger partial charge in [-0.25, -0.2) is 9.97 Å². The number of benzene rings is 2. The van der Waals surface area contributed by atoms with Gasteiger partial charge in [-0.05, 0) is 24.3 Å². The van der Waals surface area contributed by atoms with Crippen molar-refractivity contribution in [2.75, 3.05) is 0 Å². The Balaban J connectivity index is 1.59. The van der Waals surface area contributed by atoms with E-state index < -0.39 is 0 Å². The van der Waals surface area contributed by atoms with E-state index in [0.717, 1.165) is 26.8 Å². The lowest BCUT2D eigenvalue weighted by atomic mass is 10.2. The topological polar surface area (TPSA) is 25.8 Å². The van der Waals surface area contributed by atoms with E-state index in [1.165, 1.54) is 4.70 Å². The van der Waals surface area contributed by atoms with Gasteiger partial charge in [-0.3, -0.25) is 0 Å². The van der Waals surface area contributed by atoms with Crippen LogP contribution in [-0.4, -0.2) is 9.97 Å². The van der Waals surface area contributed by atoms with Crippen LogP contribution in [0.4, 0.5) is 0 Å². The fourth-order valence-electron chi connectivity index (χ4n) is 2.19. The summed E-state index contributed by atoms with van der Waals surface area (Å²) in [5.41, 5.74) is 3.19. The van der Waals surface area contributed by atoms with Gasteiger partial charge in [0.15, 0.2) is 0 Å². The molecule has 0 radical (unpaired) electrons. The largest absolute Gasteiger partial charge is 0.237 e. The smallest absolute Gasteiger partial charge is 0.124 e. The zero-order chi connectivity index (χ0) is 14.8. The highest BCUT2D eigenvalue weighted by atomic mass is 32.1. The molecule has 0 saturated carbocycles. The van der Waals surface area contributed by atoms with Gasteiger partial charge in [0.25, 0.3) is 0 Å². The molecule has 0 N–H and O–H groups in total. The Morgan fingerprint density at radius 3 is 2.50 bits per heavy atom. The molecule has 0 saturated heterocycles. The fourth-order valence-corrected chi connectivity index (χ4v) is 3.86. The molecule has 106 valence electrons. The minimum atomic E-state index is 0.975. The summed E-state index contributed by atoms with van der Waals surface area (Å²) in [5.74, 6) is 0. The van der Waals surface area contributed by atoms with E-state index in [2.05, 4.69) is 33.5 Å². The van der Waals surface area contributed by atoms with Crippen molar-refractivity contribution in [2.45, 2.75) is 0 Å². The van der Waals surface area contributed by atoms with E-state index in [1.807, 2.05) is 48.6 Å². The molecule has 0 unspecified atom stereocenters. The molecule has 0 aliphatic rings. The van der Waals surface area contributed by atoms with E-state index in [0.29, 0.717) is 0 Å². The molecule has 4 rings (SSSR count). The molecule has 0 bridgehead atoms. The van der Waals surface area contributed by atoms with Gasteiger partial charge in [-0.1, -0.05) is 42.5 Å². The van der Waals surface area contributed by atoms with Crippen LogP contribution >= 0.6 is 22.7 Å². The monoisotopic (exact) mass is 320 g/mol. The molecule has 0 fully saturated rings. The number of hydrogen-bond acceptors (Lipinski definition) is 4. The van der Waals surface area contributed by atoms with Gasteiger partial charge in [-0.2, -0.15) is 0 Å². The van der Waals surface area contributed by atoms with Gasteiger partial charge in [0, 0.05) is 10.9 Å². The van der Waals surface area contributed by atoms with Crippen LogP contribution in [0.2, 0.25) is 0 Å². The molecule has 4 aromatic rings. The maximum Gasteiger partial charge on any atom is 0.124 e. The quantitative estimate of drug-likeness (QED) is 0.492. The van der Waals surface area contributed by atoms with Crippen molar-refractivity contribution in [3.63, 3.8) is 0 Å². The standard InChI is InChI=1S/C18H12N2S2/c1-2-6-13(7-3-1)18-19-14(12-21-18)10-11-17-20-15-8-4-5-9-16(15)22-17/h1-12H/b11-10+. The average molecular weight is 320 g/mol. The summed E-state index contributed by atoms with van der Waals surface area (Å²) in [6.07, 6.45) is 4.06. The van der Waals surface area contributed by atoms with Gasteiger partial charge in [-0.15, -0.1) is 22.7 Å². The first kappa shape index (κ1) is 13.4. The molecule has 0 atom stereocenters. The van der Waals surface area contributed by atoms with Crippen molar-refractivity contribution >= 4 is 45.0 Å². The fraction of sp³-hybridized carbons (Fsp3) is 0. The summed E-state index contributed by atoms with van der Waals surface area (Å²) >= 11 is 3.36. The number of rotatable bonds is 3. The summed E-state index contributed by atoms with van der Waals surface area (Å²) in [5, 5.41) is 4.13. The van der Waals surface area contributed by atoms with Crippen LogP contribution in [0, 0.1) is 0 Å². The predicted molar refractivity (Wildman–Crippen MR) is 96.1 cm³/mol. The van der Waals surface area contributed by atoms with Crippen LogP contribution in [0.15, 0.2) is 60.0 Å². The molecule has 0 aliphatic heterocycles. The molecule has 4 heteroatoms. The second-order valence-corrected chi connectivity index (χ2v) is 6.72. The SMILES string of the molecule is C(=C\c1nc2ccccc2s1)/c1csc(-c2ccccc2)n1. The highest BCUT2D eigenvalue weighted by molar-refractivity contribution is 7.19. The Morgan fingerprint density at radius 2 is 1.64 bits per heavy atom. The first-order chi connectivity index (χ1) is 10.9. The summed E-state index contributed by atoms with van der Waals surface area (Å²) in [6.45, 7) is 0. The molecule has 2 aromatic heterocycles. The Bertz CT molecular complexity index is 903. The Morgan fingerprint density at radius 1 is 0.818 bits per heavy atom. The molecular weight excluding hydrogens is 308 g/mol. The van der Waals surface area contributed by atoms with Crippen molar-refractivity contribution in [3.05, 3.63) is 70.7 Å². The maximum atomic E-state index is 4.66. The summed E-state index contributed by atoms with van der Waals surface area (Å²) in [7, 11) is 0. The Labute approximate surface area is 136 Å². The third-order valence-corrected chi connectivity index (χ3v) is 5.16. The van der Waals surface area contributed by atoms with E-state index in [4.69, 9.17) is 0 Å². The van der Waals surface area contributed by atoms with Crippen LogP contribution in [0.5, 0.6) is 0 Å². The third kappa shape index (κ3) is 2.71. The number of hydrogen-bond donors (Lipinski definition) is 0. The number of thiazole rings is 2. The number of aromatic nitrogens is 2. The normalized spacial score (nSPS) is 11.5. The molecule has 0 amide bonds. The Kier molecular flexibility index (Phi) is 3.54. The van der Waals surface area contributed by atoms with Crippen molar-refractivity contribution in [3.8, 4) is 10.6 Å². The molecule has 22 heavy (non-hydrogen) atoms. The van der Waals surface area contributed by atoms with Crippen LogP contribution in [0.25, 0.3) is 32.9 Å². The van der Waals surface area contributed by atoms with Crippen molar-refractivity contribution in [2.24, 2.45) is 0 Å².